The van der Waals surface area contributed by atoms with Gasteiger partial charge in [0.25, 0.3) is 0 Å². The number of fused-ring (bicyclic) bond motifs is 1. The molecule has 1 fully saturated rings. The van der Waals surface area contributed by atoms with Crippen LogP contribution in [0.1, 0.15) is 31.2 Å². The van der Waals surface area contributed by atoms with Gasteiger partial charge in [-0.25, -0.2) is 4.98 Å². The first kappa shape index (κ1) is 19.0. The SMILES string of the molecule is CC(C(=O)Nc1c[nH]c2ncc(Br)c(N3CCC[C@@H](N)C3)c12)c1ccccc1. The summed E-state index contributed by atoms with van der Waals surface area (Å²) in [4.78, 5) is 22.8. The van der Waals surface area contributed by atoms with Crippen molar-refractivity contribution in [1.29, 1.82) is 0 Å². The minimum atomic E-state index is -0.252. The fourth-order valence-corrected chi connectivity index (χ4v) is 4.36. The molecule has 1 unspecified atom stereocenters. The molecule has 2 atom stereocenters. The van der Waals surface area contributed by atoms with E-state index in [1.807, 2.05) is 43.5 Å². The van der Waals surface area contributed by atoms with Crippen molar-refractivity contribution in [2.45, 2.75) is 31.7 Å². The van der Waals surface area contributed by atoms with Crippen LogP contribution in [0.5, 0.6) is 0 Å². The summed E-state index contributed by atoms with van der Waals surface area (Å²) < 4.78 is 0.903. The van der Waals surface area contributed by atoms with Crippen molar-refractivity contribution in [2.75, 3.05) is 23.3 Å². The lowest BCUT2D eigenvalue weighted by atomic mass is 10.0. The topological polar surface area (TPSA) is 87.0 Å². The van der Waals surface area contributed by atoms with Crippen LogP contribution in [0.2, 0.25) is 0 Å². The second-order valence-corrected chi connectivity index (χ2v) is 8.20. The fraction of sp³-hybridized carbons (Fsp3) is 0.333. The largest absolute Gasteiger partial charge is 0.368 e. The third kappa shape index (κ3) is 3.64. The quantitative estimate of drug-likeness (QED) is 0.570. The molecule has 1 saturated heterocycles. The first-order valence-corrected chi connectivity index (χ1v) is 10.4. The van der Waals surface area contributed by atoms with E-state index in [9.17, 15) is 4.79 Å². The molecule has 1 aromatic carbocycles. The molecule has 3 aromatic rings. The van der Waals surface area contributed by atoms with Gasteiger partial charge in [0.2, 0.25) is 5.91 Å². The highest BCUT2D eigenvalue weighted by Gasteiger charge is 2.24. The van der Waals surface area contributed by atoms with E-state index in [0.29, 0.717) is 0 Å². The number of anilines is 2. The highest BCUT2D eigenvalue weighted by atomic mass is 79.9. The van der Waals surface area contributed by atoms with Gasteiger partial charge in [0.1, 0.15) is 5.65 Å². The van der Waals surface area contributed by atoms with E-state index in [1.54, 1.807) is 6.20 Å². The predicted octanol–water partition coefficient (Wildman–Crippen LogP) is 4.00. The molecule has 28 heavy (non-hydrogen) atoms. The summed E-state index contributed by atoms with van der Waals surface area (Å²) in [6.45, 7) is 3.64. The van der Waals surface area contributed by atoms with Gasteiger partial charge < -0.3 is 20.9 Å². The second-order valence-electron chi connectivity index (χ2n) is 7.35. The fourth-order valence-electron chi connectivity index (χ4n) is 3.81. The maximum absolute atomic E-state index is 12.9. The van der Waals surface area contributed by atoms with Gasteiger partial charge in [0.05, 0.1) is 27.2 Å². The first-order chi connectivity index (χ1) is 13.5. The lowest BCUT2D eigenvalue weighted by molar-refractivity contribution is -0.117. The maximum atomic E-state index is 12.9. The molecular weight excluding hydrogens is 418 g/mol. The monoisotopic (exact) mass is 441 g/mol. The lowest BCUT2D eigenvalue weighted by Crippen LogP contribution is -2.43. The first-order valence-electron chi connectivity index (χ1n) is 9.56. The highest BCUT2D eigenvalue weighted by molar-refractivity contribution is 9.10. The minimum absolute atomic E-state index is 0.0478. The van der Waals surface area contributed by atoms with Gasteiger partial charge in [0, 0.05) is 31.5 Å². The number of H-pyrrole nitrogens is 1. The van der Waals surface area contributed by atoms with Gasteiger partial charge in [-0.3, -0.25) is 4.79 Å². The number of carbonyl (C=O) groups excluding carboxylic acids is 1. The van der Waals surface area contributed by atoms with Crippen LogP contribution in [-0.2, 0) is 4.79 Å². The Morgan fingerprint density at radius 1 is 1.39 bits per heavy atom. The number of halogens is 1. The van der Waals surface area contributed by atoms with Crippen LogP contribution in [0.3, 0.4) is 0 Å². The number of nitrogens with two attached hydrogens (primary N) is 1. The molecule has 1 aliphatic heterocycles. The van der Waals surface area contributed by atoms with Crippen LogP contribution < -0.4 is 16.0 Å². The number of pyridine rings is 1. The number of carbonyl (C=O) groups is 1. The smallest absolute Gasteiger partial charge is 0.231 e. The third-order valence-corrected chi connectivity index (χ3v) is 5.93. The van der Waals surface area contributed by atoms with Gasteiger partial charge in [-0.15, -0.1) is 0 Å². The second kappa shape index (κ2) is 7.93. The Morgan fingerprint density at radius 3 is 2.93 bits per heavy atom. The molecule has 0 saturated carbocycles. The third-order valence-electron chi connectivity index (χ3n) is 5.35. The Morgan fingerprint density at radius 2 is 2.18 bits per heavy atom. The summed E-state index contributed by atoms with van der Waals surface area (Å²) in [5, 5.41) is 4.01. The van der Waals surface area contributed by atoms with Gasteiger partial charge in [-0.2, -0.15) is 0 Å². The summed E-state index contributed by atoms with van der Waals surface area (Å²) in [7, 11) is 0. The zero-order valence-electron chi connectivity index (χ0n) is 15.8. The summed E-state index contributed by atoms with van der Waals surface area (Å²) in [5.74, 6) is -0.300. The summed E-state index contributed by atoms with van der Waals surface area (Å²) >= 11 is 3.65. The number of hydrogen-bond donors (Lipinski definition) is 3. The molecule has 1 aliphatic rings. The standard InChI is InChI=1S/C21H24BrN5O/c1-13(14-6-3-2-4-7-14)21(28)26-17-11-25-20-18(17)19(16(22)10-24-20)27-9-5-8-15(23)12-27/h2-4,6-7,10-11,13,15H,5,8-9,12,23H2,1H3,(H,24,25)(H,26,28)/t13?,15-/m1/s1. The van der Waals surface area contributed by atoms with E-state index < -0.39 is 0 Å². The van der Waals surface area contributed by atoms with Gasteiger partial charge in [-0.05, 0) is 41.3 Å². The number of piperidine rings is 1. The van der Waals surface area contributed by atoms with Crippen LogP contribution in [0.15, 0.2) is 47.2 Å². The average Bonchev–Trinajstić information content (AvgIpc) is 3.10. The van der Waals surface area contributed by atoms with Crippen molar-refractivity contribution in [3.05, 3.63) is 52.8 Å². The number of amides is 1. The lowest BCUT2D eigenvalue weighted by Gasteiger charge is -2.33. The Labute approximate surface area is 172 Å². The van der Waals surface area contributed by atoms with Crippen molar-refractivity contribution < 1.29 is 4.79 Å². The molecule has 4 N–H and O–H groups in total. The van der Waals surface area contributed by atoms with Crippen molar-refractivity contribution >= 4 is 44.2 Å². The summed E-state index contributed by atoms with van der Waals surface area (Å²) in [5.41, 5.74) is 9.72. The van der Waals surface area contributed by atoms with Gasteiger partial charge in [0.15, 0.2) is 0 Å². The zero-order valence-corrected chi connectivity index (χ0v) is 17.4. The van der Waals surface area contributed by atoms with Crippen molar-refractivity contribution in [1.82, 2.24) is 9.97 Å². The van der Waals surface area contributed by atoms with E-state index in [4.69, 9.17) is 5.73 Å². The minimum Gasteiger partial charge on any atom is -0.368 e. The Hall–Kier alpha value is -2.38. The van der Waals surface area contributed by atoms with Gasteiger partial charge >= 0.3 is 0 Å². The molecule has 0 radical (unpaired) electrons. The molecule has 3 heterocycles. The maximum Gasteiger partial charge on any atom is 0.231 e. The number of nitrogens with one attached hydrogen (secondary N) is 2. The van der Waals surface area contributed by atoms with Crippen molar-refractivity contribution in [3.8, 4) is 0 Å². The van der Waals surface area contributed by atoms with E-state index in [2.05, 4.69) is 36.1 Å². The molecular formula is C21H24BrN5O. The number of nitrogens with zero attached hydrogens (tertiary/aromatic N) is 2. The van der Waals surface area contributed by atoms with Crippen LogP contribution in [0.25, 0.3) is 11.0 Å². The molecule has 0 aliphatic carbocycles. The molecule has 6 nitrogen and oxygen atoms in total. The predicted molar refractivity (Wildman–Crippen MR) is 117 cm³/mol. The van der Waals surface area contributed by atoms with Crippen LogP contribution in [-0.4, -0.2) is 35.0 Å². The normalized spacial score (nSPS) is 18.2. The van der Waals surface area contributed by atoms with Crippen LogP contribution in [0, 0.1) is 0 Å². The number of rotatable bonds is 4. The molecule has 1 amide bonds. The number of hydrogen-bond acceptors (Lipinski definition) is 4. The number of aromatic amines is 1. The average molecular weight is 442 g/mol. The van der Waals surface area contributed by atoms with Crippen molar-refractivity contribution in [2.24, 2.45) is 5.73 Å². The molecule has 2 aromatic heterocycles. The molecule has 7 heteroatoms. The van der Waals surface area contributed by atoms with Crippen LogP contribution in [0.4, 0.5) is 11.4 Å². The van der Waals surface area contributed by atoms with E-state index >= 15 is 0 Å². The zero-order chi connectivity index (χ0) is 19.7. The highest BCUT2D eigenvalue weighted by Crippen LogP contribution is 2.39. The number of aromatic nitrogens is 2. The summed E-state index contributed by atoms with van der Waals surface area (Å²) in [6.07, 6.45) is 5.70. The van der Waals surface area contributed by atoms with E-state index in [1.165, 1.54) is 0 Å². The molecule has 0 bridgehead atoms. The van der Waals surface area contributed by atoms with Gasteiger partial charge in [-0.1, -0.05) is 30.3 Å². The van der Waals surface area contributed by atoms with E-state index in [-0.39, 0.29) is 17.9 Å². The molecule has 4 rings (SSSR count). The van der Waals surface area contributed by atoms with Crippen LogP contribution >= 0.6 is 15.9 Å². The molecule has 0 spiro atoms. The van der Waals surface area contributed by atoms with Crippen molar-refractivity contribution in [3.63, 3.8) is 0 Å². The Balaban J connectivity index is 1.68. The van der Waals surface area contributed by atoms with E-state index in [0.717, 1.165) is 58.4 Å². The number of benzene rings is 1. The molecule has 146 valence electrons. The Bertz CT molecular complexity index is 987. The Kier molecular flexibility index (Phi) is 5.37. The summed E-state index contributed by atoms with van der Waals surface area (Å²) in [6, 6.07) is 9.94.